The van der Waals surface area contributed by atoms with Crippen LogP contribution < -0.4 is 10.5 Å². The third kappa shape index (κ3) is 1.92. The van der Waals surface area contributed by atoms with Crippen LogP contribution in [0.3, 0.4) is 0 Å². The van der Waals surface area contributed by atoms with Gasteiger partial charge in [0.05, 0.1) is 18.2 Å². The molecule has 0 aliphatic rings. The molecule has 1 unspecified atom stereocenters. The predicted octanol–water partition coefficient (Wildman–Crippen LogP) is 1.87. The summed E-state index contributed by atoms with van der Waals surface area (Å²) < 4.78 is 5.03. The molecule has 1 rings (SSSR count). The Balaban J connectivity index is 3.24. The lowest BCUT2D eigenvalue weighted by Crippen LogP contribution is -2.09. The second kappa shape index (κ2) is 4.13. The molecule has 0 aliphatic heterocycles. The number of ether oxygens (including phenoxy) is 1. The highest BCUT2D eigenvalue weighted by atomic mass is 35.5. The van der Waals surface area contributed by atoms with Crippen LogP contribution in [-0.4, -0.2) is 7.11 Å². The van der Waals surface area contributed by atoms with Crippen molar-refractivity contribution < 1.29 is 4.74 Å². The Labute approximate surface area is 81.7 Å². The highest BCUT2D eigenvalue weighted by molar-refractivity contribution is 6.31. The fraction of sp³-hybridized carbons (Fsp3) is 0.222. The van der Waals surface area contributed by atoms with Crippen molar-refractivity contribution in [2.24, 2.45) is 5.73 Å². The first kappa shape index (κ1) is 9.85. The molecule has 68 valence electrons. The van der Waals surface area contributed by atoms with Crippen molar-refractivity contribution >= 4 is 11.6 Å². The Morgan fingerprint density at radius 1 is 1.62 bits per heavy atom. The fourth-order valence-corrected chi connectivity index (χ4v) is 1.35. The van der Waals surface area contributed by atoms with Gasteiger partial charge in [-0.3, -0.25) is 0 Å². The maximum absolute atomic E-state index is 8.64. The van der Waals surface area contributed by atoms with Crippen molar-refractivity contribution in [3.63, 3.8) is 0 Å². The Bertz CT molecular complexity index is 346. The quantitative estimate of drug-likeness (QED) is 0.786. The number of hydrogen-bond acceptors (Lipinski definition) is 3. The van der Waals surface area contributed by atoms with Crippen molar-refractivity contribution in [1.29, 1.82) is 5.26 Å². The number of nitrogens with two attached hydrogens (primary N) is 1. The normalized spacial score (nSPS) is 11.8. The predicted molar refractivity (Wildman–Crippen MR) is 50.5 cm³/mol. The van der Waals surface area contributed by atoms with Gasteiger partial charge >= 0.3 is 0 Å². The van der Waals surface area contributed by atoms with E-state index in [0.717, 1.165) is 0 Å². The molecule has 4 heteroatoms. The summed E-state index contributed by atoms with van der Waals surface area (Å²) >= 11 is 5.87. The van der Waals surface area contributed by atoms with Crippen LogP contribution in [0.15, 0.2) is 18.2 Å². The number of nitrogens with zero attached hydrogens (tertiary/aromatic N) is 1. The minimum atomic E-state index is -0.747. The zero-order chi connectivity index (χ0) is 9.84. The lowest BCUT2D eigenvalue weighted by atomic mass is 10.1. The van der Waals surface area contributed by atoms with E-state index in [1.54, 1.807) is 18.2 Å². The number of nitriles is 1. The SMILES string of the molecule is COc1cccc(Cl)c1C(N)C#N. The van der Waals surface area contributed by atoms with Gasteiger partial charge in [0.25, 0.3) is 0 Å². The molecule has 0 amide bonds. The first-order valence-corrected chi connectivity index (χ1v) is 4.06. The second-order valence-electron chi connectivity index (χ2n) is 2.46. The molecule has 0 spiro atoms. The van der Waals surface area contributed by atoms with Gasteiger partial charge in [0.15, 0.2) is 0 Å². The molecule has 2 N–H and O–H groups in total. The van der Waals surface area contributed by atoms with Crippen LogP contribution in [0.25, 0.3) is 0 Å². The minimum absolute atomic E-state index is 0.452. The highest BCUT2D eigenvalue weighted by Gasteiger charge is 2.14. The lowest BCUT2D eigenvalue weighted by molar-refractivity contribution is 0.408. The van der Waals surface area contributed by atoms with Gasteiger partial charge in [0, 0.05) is 5.56 Å². The van der Waals surface area contributed by atoms with Crippen molar-refractivity contribution in [3.05, 3.63) is 28.8 Å². The van der Waals surface area contributed by atoms with Crippen LogP contribution in [0.5, 0.6) is 5.75 Å². The zero-order valence-electron chi connectivity index (χ0n) is 7.12. The van der Waals surface area contributed by atoms with Gasteiger partial charge in [-0.25, -0.2) is 0 Å². The Morgan fingerprint density at radius 3 is 2.85 bits per heavy atom. The van der Waals surface area contributed by atoms with E-state index in [4.69, 9.17) is 27.3 Å². The summed E-state index contributed by atoms with van der Waals surface area (Å²) in [7, 11) is 1.51. The summed E-state index contributed by atoms with van der Waals surface area (Å²) in [6.45, 7) is 0. The summed E-state index contributed by atoms with van der Waals surface area (Å²) in [6, 6.07) is 6.31. The fourth-order valence-electron chi connectivity index (χ4n) is 1.06. The molecule has 0 aliphatic carbocycles. The minimum Gasteiger partial charge on any atom is -0.496 e. The van der Waals surface area contributed by atoms with Gasteiger partial charge in [0.1, 0.15) is 11.8 Å². The van der Waals surface area contributed by atoms with Crippen LogP contribution in [0.1, 0.15) is 11.6 Å². The van der Waals surface area contributed by atoms with E-state index in [2.05, 4.69) is 0 Å². The average Bonchev–Trinajstić information content (AvgIpc) is 2.16. The van der Waals surface area contributed by atoms with Gasteiger partial charge < -0.3 is 10.5 Å². The van der Waals surface area contributed by atoms with Crippen molar-refractivity contribution in [3.8, 4) is 11.8 Å². The van der Waals surface area contributed by atoms with Gasteiger partial charge in [0.2, 0.25) is 0 Å². The lowest BCUT2D eigenvalue weighted by Gasteiger charge is -2.10. The first-order chi connectivity index (χ1) is 6.20. The smallest absolute Gasteiger partial charge is 0.126 e. The van der Waals surface area contributed by atoms with E-state index >= 15 is 0 Å². The van der Waals surface area contributed by atoms with E-state index < -0.39 is 6.04 Å². The molecule has 0 bridgehead atoms. The Morgan fingerprint density at radius 2 is 2.31 bits per heavy atom. The van der Waals surface area contributed by atoms with Gasteiger partial charge in [-0.1, -0.05) is 17.7 Å². The van der Waals surface area contributed by atoms with Gasteiger partial charge in [-0.2, -0.15) is 5.26 Å². The summed E-state index contributed by atoms with van der Waals surface area (Å²) in [6.07, 6.45) is 0. The van der Waals surface area contributed by atoms with Crippen LogP contribution in [0.2, 0.25) is 5.02 Å². The Hall–Kier alpha value is -1.24. The van der Waals surface area contributed by atoms with Crippen LogP contribution in [0.4, 0.5) is 0 Å². The molecular formula is C9H9ClN2O. The maximum Gasteiger partial charge on any atom is 0.126 e. The summed E-state index contributed by atoms with van der Waals surface area (Å²) in [5, 5.41) is 9.10. The molecule has 1 aromatic rings. The number of halogens is 1. The highest BCUT2D eigenvalue weighted by Crippen LogP contribution is 2.30. The summed E-state index contributed by atoms with van der Waals surface area (Å²) in [5.41, 5.74) is 6.08. The third-order valence-corrected chi connectivity index (χ3v) is 2.01. The monoisotopic (exact) mass is 196 g/mol. The van der Waals surface area contributed by atoms with Gasteiger partial charge in [-0.05, 0) is 12.1 Å². The summed E-state index contributed by atoms with van der Waals surface area (Å²) in [5.74, 6) is 0.543. The maximum atomic E-state index is 8.64. The number of rotatable bonds is 2. The molecular weight excluding hydrogens is 188 g/mol. The average molecular weight is 197 g/mol. The molecule has 0 heterocycles. The topological polar surface area (TPSA) is 59.0 Å². The van der Waals surface area contributed by atoms with Crippen LogP contribution in [-0.2, 0) is 0 Å². The summed E-state index contributed by atoms with van der Waals surface area (Å²) in [4.78, 5) is 0. The zero-order valence-corrected chi connectivity index (χ0v) is 7.88. The van der Waals surface area contributed by atoms with Crippen LogP contribution in [0, 0.1) is 11.3 Å². The number of benzene rings is 1. The molecule has 1 atom stereocenters. The van der Waals surface area contributed by atoms with Crippen molar-refractivity contribution in [2.45, 2.75) is 6.04 Å². The molecule has 3 nitrogen and oxygen atoms in total. The molecule has 13 heavy (non-hydrogen) atoms. The van der Waals surface area contributed by atoms with E-state index in [1.165, 1.54) is 7.11 Å². The van der Waals surface area contributed by atoms with E-state index in [1.807, 2.05) is 6.07 Å². The van der Waals surface area contributed by atoms with Crippen molar-refractivity contribution in [1.82, 2.24) is 0 Å². The molecule has 0 saturated carbocycles. The van der Waals surface area contributed by atoms with E-state index in [0.29, 0.717) is 16.3 Å². The molecule has 1 aromatic carbocycles. The third-order valence-electron chi connectivity index (χ3n) is 1.68. The molecule has 0 saturated heterocycles. The standard InChI is InChI=1S/C9H9ClN2O/c1-13-8-4-2-3-6(10)9(8)7(12)5-11/h2-4,7H,12H2,1H3. The number of hydrogen-bond donors (Lipinski definition) is 1. The molecule has 0 fully saturated rings. The van der Waals surface area contributed by atoms with E-state index in [-0.39, 0.29) is 0 Å². The number of methoxy groups -OCH3 is 1. The Kier molecular flexibility index (Phi) is 3.13. The van der Waals surface area contributed by atoms with Crippen molar-refractivity contribution in [2.75, 3.05) is 7.11 Å². The van der Waals surface area contributed by atoms with Crippen LogP contribution >= 0.6 is 11.6 Å². The van der Waals surface area contributed by atoms with Gasteiger partial charge in [-0.15, -0.1) is 0 Å². The largest absolute Gasteiger partial charge is 0.496 e. The first-order valence-electron chi connectivity index (χ1n) is 3.68. The second-order valence-corrected chi connectivity index (χ2v) is 2.87. The molecule has 0 radical (unpaired) electrons. The van der Waals surface area contributed by atoms with E-state index in [9.17, 15) is 0 Å². The molecule has 0 aromatic heterocycles.